The maximum Gasteiger partial charge on any atom is 0.401 e. The zero-order valence-electron chi connectivity index (χ0n) is 13.1. The van der Waals surface area contributed by atoms with Crippen molar-refractivity contribution >= 4 is 5.97 Å². The van der Waals surface area contributed by atoms with E-state index in [1.165, 1.54) is 4.90 Å². The van der Waals surface area contributed by atoms with Crippen LogP contribution in [0.25, 0.3) is 0 Å². The van der Waals surface area contributed by atoms with Gasteiger partial charge in [-0.3, -0.25) is 9.69 Å². The molecular weight excluding hydrogens is 285 g/mol. The van der Waals surface area contributed by atoms with Crippen molar-refractivity contribution < 1.29 is 22.7 Å². The predicted octanol–water partition coefficient (Wildman–Crippen LogP) is 2.71. The Balaban J connectivity index is 4.12. The summed E-state index contributed by atoms with van der Waals surface area (Å²) in [4.78, 5) is 13.0. The van der Waals surface area contributed by atoms with E-state index in [-0.39, 0.29) is 6.61 Å². The van der Waals surface area contributed by atoms with Gasteiger partial charge in [0.05, 0.1) is 13.2 Å². The SMILES string of the molecule is CCCN(CCCCC(C)(N)C(=O)OCC)CC(F)(F)F. The van der Waals surface area contributed by atoms with Crippen molar-refractivity contribution in [2.24, 2.45) is 5.73 Å². The monoisotopic (exact) mass is 312 g/mol. The van der Waals surface area contributed by atoms with Crippen LogP contribution in [0.5, 0.6) is 0 Å². The number of nitrogens with zero attached hydrogens (tertiary/aromatic N) is 1. The van der Waals surface area contributed by atoms with Crippen molar-refractivity contribution in [3.8, 4) is 0 Å². The Morgan fingerprint density at radius 3 is 2.29 bits per heavy atom. The third kappa shape index (κ3) is 9.68. The number of ether oxygens (including phenoxy) is 1. The molecule has 0 rings (SSSR count). The van der Waals surface area contributed by atoms with Crippen LogP contribution in [0.2, 0.25) is 0 Å². The normalized spacial score (nSPS) is 15.0. The maximum atomic E-state index is 12.4. The van der Waals surface area contributed by atoms with E-state index in [4.69, 9.17) is 10.5 Å². The van der Waals surface area contributed by atoms with E-state index >= 15 is 0 Å². The van der Waals surface area contributed by atoms with Gasteiger partial charge >= 0.3 is 12.1 Å². The summed E-state index contributed by atoms with van der Waals surface area (Å²) in [6, 6.07) is 0. The molecule has 0 spiro atoms. The second kappa shape index (κ2) is 9.25. The van der Waals surface area contributed by atoms with E-state index in [1.807, 2.05) is 6.92 Å². The molecule has 0 aliphatic carbocycles. The van der Waals surface area contributed by atoms with Crippen LogP contribution >= 0.6 is 0 Å². The molecule has 0 aliphatic rings. The summed E-state index contributed by atoms with van der Waals surface area (Å²) < 4.78 is 42.1. The number of hydrogen-bond donors (Lipinski definition) is 1. The molecule has 0 aromatic carbocycles. The molecule has 4 nitrogen and oxygen atoms in total. The first-order chi connectivity index (χ1) is 9.62. The molecule has 0 saturated heterocycles. The van der Waals surface area contributed by atoms with Crippen LogP contribution in [-0.4, -0.2) is 48.8 Å². The first kappa shape index (κ1) is 20.2. The lowest BCUT2D eigenvalue weighted by Gasteiger charge is -2.25. The van der Waals surface area contributed by atoms with Gasteiger partial charge in [0, 0.05) is 0 Å². The molecule has 0 bridgehead atoms. The van der Waals surface area contributed by atoms with Gasteiger partial charge in [-0.2, -0.15) is 13.2 Å². The van der Waals surface area contributed by atoms with Gasteiger partial charge in [-0.25, -0.2) is 0 Å². The molecule has 0 heterocycles. The van der Waals surface area contributed by atoms with Gasteiger partial charge in [0.2, 0.25) is 0 Å². The number of carbonyl (C=O) groups is 1. The molecule has 0 amide bonds. The Kier molecular flexibility index (Phi) is 8.89. The molecule has 0 saturated carbocycles. The Hall–Kier alpha value is -0.820. The second-order valence-electron chi connectivity index (χ2n) is 5.49. The molecule has 1 unspecified atom stereocenters. The minimum Gasteiger partial charge on any atom is -0.465 e. The minimum atomic E-state index is -4.18. The van der Waals surface area contributed by atoms with Crippen LogP contribution in [0.3, 0.4) is 0 Å². The van der Waals surface area contributed by atoms with Crippen LogP contribution in [0.4, 0.5) is 13.2 Å². The predicted molar refractivity (Wildman–Crippen MR) is 75.9 cm³/mol. The van der Waals surface area contributed by atoms with E-state index in [0.717, 1.165) is 0 Å². The molecular formula is C14H27F3N2O2. The number of halogens is 3. The molecule has 0 fully saturated rings. The molecule has 0 aromatic rings. The van der Waals surface area contributed by atoms with E-state index in [9.17, 15) is 18.0 Å². The standard InChI is InChI=1S/C14H27F3N2O2/c1-4-9-19(11-14(15,16)17)10-7-6-8-13(3,18)12(20)21-5-2/h4-11,18H2,1-3H3. The fourth-order valence-electron chi connectivity index (χ4n) is 2.07. The summed E-state index contributed by atoms with van der Waals surface area (Å²) in [5.74, 6) is -0.467. The summed E-state index contributed by atoms with van der Waals surface area (Å²) in [5.41, 5.74) is 4.78. The molecule has 0 aliphatic heterocycles. The Morgan fingerprint density at radius 1 is 1.19 bits per heavy atom. The van der Waals surface area contributed by atoms with Crippen molar-refractivity contribution in [3.05, 3.63) is 0 Å². The van der Waals surface area contributed by atoms with Crippen LogP contribution < -0.4 is 5.73 Å². The highest BCUT2D eigenvalue weighted by atomic mass is 19.4. The Bertz CT molecular complexity index is 307. The topological polar surface area (TPSA) is 55.6 Å². The number of esters is 1. The second-order valence-corrected chi connectivity index (χ2v) is 5.49. The van der Waals surface area contributed by atoms with Crippen molar-refractivity contribution in [3.63, 3.8) is 0 Å². The van der Waals surface area contributed by atoms with Gasteiger partial charge in [0.15, 0.2) is 0 Å². The third-order valence-corrected chi connectivity index (χ3v) is 3.10. The average molecular weight is 312 g/mol. The van der Waals surface area contributed by atoms with Crippen molar-refractivity contribution in [2.75, 3.05) is 26.2 Å². The number of carbonyl (C=O) groups excluding carboxylic acids is 1. The lowest BCUT2D eigenvalue weighted by atomic mass is 9.96. The quantitative estimate of drug-likeness (QED) is 0.498. The zero-order valence-corrected chi connectivity index (χ0v) is 13.1. The van der Waals surface area contributed by atoms with E-state index < -0.39 is 24.2 Å². The largest absolute Gasteiger partial charge is 0.465 e. The molecule has 7 heteroatoms. The fraction of sp³-hybridized carbons (Fsp3) is 0.929. The first-order valence-electron chi connectivity index (χ1n) is 7.37. The van der Waals surface area contributed by atoms with Crippen LogP contribution in [0.1, 0.15) is 46.5 Å². The van der Waals surface area contributed by atoms with E-state index in [1.54, 1.807) is 13.8 Å². The molecule has 1 atom stereocenters. The lowest BCUT2D eigenvalue weighted by Crippen LogP contribution is -2.46. The van der Waals surface area contributed by atoms with Crippen molar-refractivity contribution in [1.82, 2.24) is 4.90 Å². The molecule has 0 radical (unpaired) electrons. The number of unbranched alkanes of at least 4 members (excludes halogenated alkanes) is 1. The smallest absolute Gasteiger partial charge is 0.401 e. The number of alkyl halides is 3. The average Bonchev–Trinajstić information content (AvgIpc) is 2.33. The summed E-state index contributed by atoms with van der Waals surface area (Å²) >= 11 is 0. The van der Waals surface area contributed by atoms with Gasteiger partial charge in [-0.1, -0.05) is 6.92 Å². The molecule has 0 aromatic heterocycles. The number of rotatable bonds is 10. The highest BCUT2D eigenvalue weighted by Gasteiger charge is 2.31. The Labute approximate surface area is 124 Å². The summed E-state index contributed by atoms with van der Waals surface area (Å²) in [7, 11) is 0. The number of nitrogens with two attached hydrogens (primary N) is 1. The van der Waals surface area contributed by atoms with Gasteiger partial charge < -0.3 is 10.5 Å². The van der Waals surface area contributed by atoms with Gasteiger partial charge in [-0.05, 0) is 52.6 Å². The van der Waals surface area contributed by atoms with Crippen LogP contribution in [0, 0.1) is 0 Å². The van der Waals surface area contributed by atoms with Gasteiger partial charge in [-0.15, -0.1) is 0 Å². The zero-order chi connectivity index (χ0) is 16.5. The van der Waals surface area contributed by atoms with Crippen LogP contribution in [0.15, 0.2) is 0 Å². The number of hydrogen-bond acceptors (Lipinski definition) is 4. The van der Waals surface area contributed by atoms with Gasteiger partial charge in [0.1, 0.15) is 5.54 Å². The van der Waals surface area contributed by atoms with E-state index in [0.29, 0.717) is 38.8 Å². The maximum absolute atomic E-state index is 12.4. The minimum absolute atomic E-state index is 0.265. The fourth-order valence-corrected chi connectivity index (χ4v) is 2.07. The molecule has 126 valence electrons. The summed E-state index contributed by atoms with van der Waals surface area (Å²) in [6.07, 6.45) is -1.94. The highest BCUT2D eigenvalue weighted by Crippen LogP contribution is 2.18. The molecule has 2 N–H and O–H groups in total. The highest BCUT2D eigenvalue weighted by molar-refractivity contribution is 5.79. The van der Waals surface area contributed by atoms with Gasteiger partial charge in [0.25, 0.3) is 0 Å². The summed E-state index contributed by atoms with van der Waals surface area (Å²) in [5, 5.41) is 0. The van der Waals surface area contributed by atoms with Crippen molar-refractivity contribution in [1.29, 1.82) is 0 Å². The summed E-state index contributed by atoms with van der Waals surface area (Å²) in [6.45, 7) is 5.28. The van der Waals surface area contributed by atoms with E-state index in [2.05, 4.69) is 0 Å². The first-order valence-corrected chi connectivity index (χ1v) is 7.37. The molecule has 21 heavy (non-hydrogen) atoms. The van der Waals surface area contributed by atoms with Crippen LogP contribution in [-0.2, 0) is 9.53 Å². The van der Waals surface area contributed by atoms with Crippen molar-refractivity contribution in [2.45, 2.75) is 58.2 Å². The lowest BCUT2D eigenvalue weighted by molar-refractivity contribution is -0.149. The third-order valence-electron chi connectivity index (χ3n) is 3.10. The Morgan fingerprint density at radius 2 is 1.81 bits per heavy atom.